The summed E-state index contributed by atoms with van der Waals surface area (Å²) in [5.74, 6) is -1.04. The van der Waals surface area contributed by atoms with Crippen LogP contribution in [0.25, 0.3) is 11.3 Å². The molecule has 6 heteroatoms. The number of benzene rings is 2. The first-order valence-corrected chi connectivity index (χ1v) is 7.71. The van der Waals surface area contributed by atoms with E-state index in [1.165, 1.54) is 35.2 Å². The highest BCUT2D eigenvalue weighted by molar-refractivity contribution is 5.92. The standard InChI is InChI=1S/C19H16F2N2O2/c1-12(13-6-8-15(20)9-7-13)23(2)19(24)18-11-17(22-25-18)14-4-3-5-16(21)10-14/h3-12H,1-2H3/t12-/m1/s1. The SMILES string of the molecule is C[C@H](c1ccc(F)cc1)N(C)C(=O)c1cc(-c2cccc(F)c2)no1. The van der Waals surface area contributed by atoms with Crippen molar-refractivity contribution in [2.24, 2.45) is 0 Å². The summed E-state index contributed by atoms with van der Waals surface area (Å²) in [6.45, 7) is 1.83. The monoisotopic (exact) mass is 342 g/mol. The van der Waals surface area contributed by atoms with Crippen LogP contribution >= 0.6 is 0 Å². The zero-order chi connectivity index (χ0) is 18.0. The Morgan fingerprint density at radius 1 is 1.08 bits per heavy atom. The molecule has 0 aliphatic heterocycles. The summed E-state index contributed by atoms with van der Waals surface area (Å²) in [5.41, 5.74) is 1.70. The van der Waals surface area contributed by atoms with Gasteiger partial charge >= 0.3 is 0 Å². The number of halogens is 2. The normalized spacial score (nSPS) is 12.0. The van der Waals surface area contributed by atoms with E-state index in [0.29, 0.717) is 11.3 Å². The maximum absolute atomic E-state index is 13.3. The van der Waals surface area contributed by atoms with Crippen LogP contribution in [-0.2, 0) is 0 Å². The average Bonchev–Trinajstić information content (AvgIpc) is 3.10. The molecular formula is C19H16F2N2O2. The number of carbonyl (C=O) groups excluding carboxylic acids is 1. The molecule has 0 aliphatic rings. The van der Waals surface area contributed by atoms with Crippen LogP contribution in [0.5, 0.6) is 0 Å². The Balaban J connectivity index is 1.80. The summed E-state index contributed by atoms with van der Waals surface area (Å²) in [6, 6.07) is 13.0. The van der Waals surface area contributed by atoms with E-state index in [0.717, 1.165) is 5.56 Å². The van der Waals surface area contributed by atoms with Gasteiger partial charge in [0.15, 0.2) is 0 Å². The number of carbonyl (C=O) groups is 1. The first-order chi connectivity index (χ1) is 12.0. The van der Waals surface area contributed by atoms with Gasteiger partial charge in [0.1, 0.15) is 17.3 Å². The smallest absolute Gasteiger partial charge is 0.292 e. The highest BCUT2D eigenvalue weighted by Gasteiger charge is 2.23. The van der Waals surface area contributed by atoms with E-state index in [2.05, 4.69) is 5.16 Å². The van der Waals surface area contributed by atoms with Crippen molar-refractivity contribution in [3.05, 3.63) is 77.6 Å². The van der Waals surface area contributed by atoms with E-state index in [4.69, 9.17) is 4.52 Å². The fraction of sp³-hybridized carbons (Fsp3) is 0.158. The maximum atomic E-state index is 13.3. The lowest BCUT2D eigenvalue weighted by Gasteiger charge is -2.24. The molecule has 0 saturated heterocycles. The van der Waals surface area contributed by atoms with Crippen molar-refractivity contribution in [1.29, 1.82) is 0 Å². The lowest BCUT2D eigenvalue weighted by Crippen LogP contribution is -2.29. The van der Waals surface area contributed by atoms with E-state index in [1.807, 2.05) is 6.92 Å². The van der Waals surface area contributed by atoms with Gasteiger partial charge in [-0.3, -0.25) is 4.79 Å². The Bertz CT molecular complexity index is 890. The molecule has 2 aromatic carbocycles. The number of amides is 1. The second kappa shape index (κ2) is 6.84. The number of rotatable bonds is 4. The van der Waals surface area contributed by atoms with Crippen LogP contribution in [0, 0.1) is 11.6 Å². The molecule has 1 atom stereocenters. The minimum absolute atomic E-state index is 0.0516. The predicted octanol–water partition coefficient (Wildman–Crippen LogP) is 4.45. The minimum Gasteiger partial charge on any atom is -0.350 e. The van der Waals surface area contributed by atoms with Crippen LogP contribution in [-0.4, -0.2) is 23.0 Å². The third-order valence-corrected chi connectivity index (χ3v) is 4.10. The molecular weight excluding hydrogens is 326 g/mol. The van der Waals surface area contributed by atoms with Gasteiger partial charge in [-0.25, -0.2) is 8.78 Å². The van der Waals surface area contributed by atoms with Gasteiger partial charge in [-0.05, 0) is 36.8 Å². The van der Waals surface area contributed by atoms with Gasteiger partial charge < -0.3 is 9.42 Å². The van der Waals surface area contributed by atoms with Crippen molar-refractivity contribution in [1.82, 2.24) is 10.1 Å². The first-order valence-electron chi connectivity index (χ1n) is 7.71. The molecule has 0 spiro atoms. The first kappa shape index (κ1) is 16.8. The number of hydrogen-bond acceptors (Lipinski definition) is 3. The van der Waals surface area contributed by atoms with Gasteiger partial charge in [-0.1, -0.05) is 29.4 Å². The second-order valence-electron chi connectivity index (χ2n) is 5.73. The number of nitrogens with zero attached hydrogens (tertiary/aromatic N) is 2. The summed E-state index contributed by atoms with van der Waals surface area (Å²) in [4.78, 5) is 14.1. The lowest BCUT2D eigenvalue weighted by atomic mass is 10.1. The van der Waals surface area contributed by atoms with Crippen LogP contribution in [0.1, 0.15) is 29.1 Å². The molecule has 0 bridgehead atoms. The number of hydrogen-bond donors (Lipinski definition) is 0. The molecule has 1 amide bonds. The van der Waals surface area contributed by atoms with Crippen LogP contribution in [0.3, 0.4) is 0 Å². The van der Waals surface area contributed by atoms with Crippen molar-refractivity contribution in [3.63, 3.8) is 0 Å². The van der Waals surface area contributed by atoms with Crippen molar-refractivity contribution in [2.45, 2.75) is 13.0 Å². The number of aromatic nitrogens is 1. The molecule has 0 aliphatic carbocycles. The van der Waals surface area contributed by atoms with Crippen LogP contribution in [0.4, 0.5) is 8.78 Å². The van der Waals surface area contributed by atoms with E-state index < -0.39 is 5.82 Å². The molecule has 1 aromatic heterocycles. The molecule has 3 aromatic rings. The lowest BCUT2D eigenvalue weighted by molar-refractivity contribution is 0.0700. The van der Waals surface area contributed by atoms with Gasteiger partial charge in [-0.15, -0.1) is 0 Å². The molecule has 0 fully saturated rings. The van der Waals surface area contributed by atoms with Crippen molar-refractivity contribution in [3.8, 4) is 11.3 Å². The highest BCUT2D eigenvalue weighted by atomic mass is 19.1. The van der Waals surface area contributed by atoms with E-state index in [9.17, 15) is 13.6 Å². The van der Waals surface area contributed by atoms with Crippen molar-refractivity contribution >= 4 is 5.91 Å². The maximum Gasteiger partial charge on any atom is 0.292 e. The summed E-state index contributed by atoms with van der Waals surface area (Å²) in [5, 5.41) is 3.84. The summed E-state index contributed by atoms with van der Waals surface area (Å²) in [6.07, 6.45) is 0. The molecule has 1 heterocycles. The molecule has 0 N–H and O–H groups in total. The van der Waals surface area contributed by atoms with Crippen LogP contribution < -0.4 is 0 Å². The fourth-order valence-electron chi connectivity index (χ4n) is 2.47. The Labute approximate surface area is 143 Å². The molecule has 0 radical (unpaired) electrons. The molecule has 0 saturated carbocycles. The van der Waals surface area contributed by atoms with E-state index in [1.54, 1.807) is 31.3 Å². The van der Waals surface area contributed by atoms with E-state index >= 15 is 0 Å². The minimum atomic E-state index is -0.393. The predicted molar refractivity (Wildman–Crippen MR) is 88.8 cm³/mol. The highest BCUT2D eigenvalue weighted by Crippen LogP contribution is 2.24. The summed E-state index contributed by atoms with van der Waals surface area (Å²) in [7, 11) is 1.63. The zero-order valence-corrected chi connectivity index (χ0v) is 13.7. The third-order valence-electron chi connectivity index (χ3n) is 4.10. The van der Waals surface area contributed by atoms with Gasteiger partial charge in [0.2, 0.25) is 5.76 Å². The van der Waals surface area contributed by atoms with Crippen LogP contribution in [0.2, 0.25) is 0 Å². The Kier molecular flexibility index (Phi) is 4.61. The topological polar surface area (TPSA) is 46.3 Å². The molecule has 25 heavy (non-hydrogen) atoms. The van der Waals surface area contributed by atoms with Gasteiger partial charge in [0.25, 0.3) is 5.91 Å². The quantitative estimate of drug-likeness (QED) is 0.703. The van der Waals surface area contributed by atoms with Crippen molar-refractivity contribution < 1.29 is 18.1 Å². The fourth-order valence-corrected chi connectivity index (χ4v) is 2.47. The molecule has 4 nitrogen and oxygen atoms in total. The molecule has 3 rings (SSSR count). The summed E-state index contributed by atoms with van der Waals surface area (Å²) >= 11 is 0. The van der Waals surface area contributed by atoms with Gasteiger partial charge in [0.05, 0.1) is 6.04 Å². The average molecular weight is 342 g/mol. The zero-order valence-electron chi connectivity index (χ0n) is 13.7. The van der Waals surface area contributed by atoms with E-state index in [-0.39, 0.29) is 23.5 Å². The Hall–Kier alpha value is -3.02. The molecule has 0 unspecified atom stereocenters. The summed E-state index contributed by atoms with van der Waals surface area (Å²) < 4.78 is 31.5. The Morgan fingerprint density at radius 3 is 2.48 bits per heavy atom. The van der Waals surface area contributed by atoms with Crippen LogP contribution in [0.15, 0.2) is 59.1 Å². The molecule has 128 valence electrons. The Morgan fingerprint density at radius 2 is 1.80 bits per heavy atom. The third kappa shape index (κ3) is 3.57. The van der Waals surface area contributed by atoms with Crippen molar-refractivity contribution in [2.75, 3.05) is 7.05 Å². The van der Waals surface area contributed by atoms with Gasteiger partial charge in [0, 0.05) is 18.7 Å². The second-order valence-corrected chi connectivity index (χ2v) is 5.73. The van der Waals surface area contributed by atoms with Gasteiger partial charge in [-0.2, -0.15) is 0 Å². The largest absolute Gasteiger partial charge is 0.350 e.